The fourth-order valence-electron chi connectivity index (χ4n) is 2.39. The third-order valence-corrected chi connectivity index (χ3v) is 3.45. The van der Waals surface area contributed by atoms with Crippen molar-refractivity contribution in [3.8, 4) is 0 Å². The molecule has 21 heavy (non-hydrogen) atoms. The van der Waals surface area contributed by atoms with Gasteiger partial charge in [0, 0.05) is 6.54 Å². The van der Waals surface area contributed by atoms with Crippen molar-refractivity contribution >= 4 is 17.7 Å². The number of hydrogen-bond donors (Lipinski definition) is 2. The number of morpholine rings is 1. The van der Waals surface area contributed by atoms with Gasteiger partial charge in [-0.05, 0) is 32.4 Å². The lowest BCUT2D eigenvalue weighted by atomic mass is 10.1. The van der Waals surface area contributed by atoms with Gasteiger partial charge in [0.2, 0.25) is 0 Å². The number of ether oxygens (including phenoxy) is 1. The Morgan fingerprint density at radius 1 is 1.38 bits per heavy atom. The van der Waals surface area contributed by atoms with Crippen molar-refractivity contribution in [3.63, 3.8) is 0 Å². The van der Waals surface area contributed by atoms with Crippen molar-refractivity contribution < 1.29 is 19.4 Å². The van der Waals surface area contributed by atoms with Gasteiger partial charge in [-0.15, -0.1) is 0 Å². The van der Waals surface area contributed by atoms with Gasteiger partial charge in [-0.1, -0.05) is 12.1 Å². The molecular weight excluding hydrogens is 272 g/mol. The van der Waals surface area contributed by atoms with Crippen LogP contribution in [0.1, 0.15) is 29.8 Å². The average Bonchev–Trinajstić information content (AvgIpc) is 2.39. The molecule has 6 nitrogen and oxygen atoms in total. The summed E-state index contributed by atoms with van der Waals surface area (Å²) in [5.74, 6) is -1.06. The Balaban J connectivity index is 2.18. The molecule has 2 amide bonds. The number of amides is 2. The maximum Gasteiger partial charge on any atom is 0.337 e. The van der Waals surface area contributed by atoms with Crippen LogP contribution < -0.4 is 5.32 Å². The summed E-state index contributed by atoms with van der Waals surface area (Å²) in [6.07, 6.45) is 0. The molecule has 1 aromatic carbocycles. The molecule has 114 valence electrons. The number of carboxylic acid groups (broad SMARTS) is 1. The Labute approximate surface area is 123 Å². The van der Waals surface area contributed by atoms with Gasteiger partial charge in [-0.2, -0.15) is 0 Å². The van der Waals surface area contributed by atoms with Crippen LogP contribution in [-0.2, 0) is 4.74 Å². The zero-order valence-corrected chi connectivity index (χ0v) is 12.5. The van der Waals surface area contributed by atoms with Crippen molar-refractivity contribution in [3.05, 3.63) is 29.3 Å². The summed E-state index contributed by atoms with van der Waals surface area (Å²) < 4.78 is 5.57. The molecule has 1 aliphatic heterocycles. The van der Waals surface area contributed by atoms with Gasteiger partial charge in [0.1, 0.15) is 0 Å². The SMILES string of the molecule is Cc1cccc(C(=O)O)c1NC(=O)N1CCOC(C)(C)C1. The molecule has 1 aromatic rings. The van der Waals surface area contributed by atoms with Crippen LogP contribution in [-0.4, -0.2) is 47.3 Å². The van der Waals surface area contributed by atoms with Gasteiger partial charge in [0.25, 0.3) is 0 Å². The Morgan fingerprint density at radius 3 is 2.71 bits per heavy atom. The highest BCUT2D eigenvalue weighted by atomic mass is 16.5. The number of aromatic carboxylic acids is 1. The second-order valence-corrected chi connectivity index (χ2v) is 5.76. The van der Waals surface area contributed by atoms with E-state index < -0.39 is 11.6 Å². The third kappa shape index (κ3) is 3.52. The van der Waals surface area contributed by atoms with Crippen LogP contribution in [0.2, 0.25) is 0 Å². The highest BCUT2D eigenvalue weighted by Gasteiger charge is 2.30. The first-order valence-corrected chi connectivity index (χ1v) is 6.83. The minimum Gasteiger partial charge on any atom is -0.478 e. The molecule has 0 atom stereocenters. The average molecular weight is 292 g/mol. The number of para-hydroxylation sites is 1. The first kappa shape index (κ1) is 15.3. The summed E-state index contributed by atoms with van der Waals surface area (Å²) >= 11 is 0. The lowest BCUT2D eigenvalue weighted by Crippen LogP contribution is -2.51. The Kier molecular flexibility index (Phi) is 4.18. The molecule has 1 heterocycles. The second kappa shape index (κ2) is 5.73. The number of carboxylic acids is 1. The molecular formula is C15H20N2O4. The van der Waals surface area contributed by atoms with Crippen molar-refractivity contribution in [2.75, 3.05) is 25.0 Å². The lowest BCUT2D eigenvalue weighted by Gasteiger charge is -2.38. The van der Waals surface area contributed by atoms with E-state index in [1.165, 1.54) is 6.07 Å². The molecule has 0 aliphatic carbocycles. The normalized spacial score (nSPS) is 17.4. The highest BCUT2D eigenvalue weighted by molar-refractivity contribution is 6.01. The van der Waals surface area contributed by atoms with Crippen LogP contribution in [0.4, 0.5) is 10.5 Å². The lowest BCUT2D eigenvalue weighted by molar-refractivity contribution is -0.0720. The van der Waals surface area contributed by atoms with Gasteiger partial charge in [0.15, 0.2) is 0 Å². The fraction of sp³-hybridized carbons (Fsp3) is 0.467. The van der Waals surface area contributed by atoms with Crippen LogP contribution >= 0.6 is 0 Å². The zero-order valence-electron chi connectivity index (χ0n) is 12.5. The van der Waals surface area contributed by atoms with E-state index in [1.54, 1.807) is 24.0 Å². The molecule has 0 radical (unpaired) electrons. The zero-order chi connectivity index (χ0) is 15.6. The van der Waals surface area contributed by atoms with E-state index >= 15 is 0 Å². The summed E-state index contributed by atoms with van der Waals surface area (Å²) in [6, 6.07) is 4.61. The molecule has 6 heteroatoms. The van der Waals surface area contributed by atoms with Crippen LogP contribution in [0.5, 0.6) is 0 Å². The van der Waals surface area contributed by atoms with Gasteiger partial charge in [-0.3, -0.25) is 0 Å². The molecule has 0 aromatic heterocycles. The number of nitrogens with one attached hydrogen (secondary N) is 1. The minimum absolute atomic E-state index is 0.0934. The van der Waals surface area contributed by atoms with E-state index in [2.05, 4.69) is 5.32 Å². The molecule has 0 saturated carbocycles. The third-order valence-electron chi connectivity index (χ3n) is 3.45. The first-order valence-electron chi connectivity index (χ1n) is 6.83. The maximum atomic E-state index is 12.3. The number of urea groups is 1. The molecule has 2 rings (SSSR count). The smallest absolute Gasteiger partial charge is 0.337 e. The number of aryl methyl sites for hydroxylation is 1. The van der Waals surface area contributed by atoms with Gasteiger partial charge in [0.05, 0.1) is 30.0 Å². The molecule has 1 saturated heterocycles. The number of hydrogen-bond acceptors (Lipinski definition) is 3. The second-order valence-electron chi connectivity index (χ2n) is 5.76. The van der Waals surface area contributed by atoms with E-state index in [1.807, 2.05) is 13.8 Å². The predicted octanol–water partition coefficient (Wildman–Crippen LogP) is 2.34. The van der Waals surface area contributed by atoms with Crippen molar-refractivity contribution in [1.29, 1.82) is 0 Å². The molecule has 2 N–H and O–H groups in total. The topological polar surface area (TPSA) is 78.9 Å². The predicted molar refractivity (Wildman–Crippen MR) is 78.8 cm³/mol. The van der Waals surface area contributed by atoms with Crippen LogP contribution in [0, 0.1) is 6.92 Å². The molecule has 0 bridgehead atoms. The van der Waals surface area contributed by atoms with E-state index in [0.717, 1.165) is 5.56 Å². The quantitative estimate of drug-likeness (QED) is 0.877. The summed E-state index contributed by atoms with van der Waals surface area (Å²) in [5, 5.41) is 11.9. The van der Waals surface area contributed by atoms with Crippen LogP contribution in [0.3, 0.4) is 0 Å². The monoisotopic (exact) mass is 292 g/mol. The maximum absolute atomic E-state index is 12.3. The summed E-state index contributed by atoms with van der Waals surface area (Å²) in [5.41, 5.74) is 0.766. The Morgan fingerprint density at radius 2 is 2.10 bits per heavy atom. The number of anilines is 1. The van der Waals surface area contributed by atoms with Gasteiger partial charge < -0.3 is 20.1 Å². The fourth-order valence-corrected chi connectivity index (χ4v) is 2.39. The molecule has 1 aliphatic rings. The summed E-state index contributed by atoms with van der Waals surface area (Å²) in [4.78, 5) is 25.2. The van der Waals surface area contributed by atoms with Crippen molar-refractivity contribution in [2.45, 2.75) is 26.4 Å². The van der Waals surface area contributed by atoms with E-state index in [9.17, 15) is 14.7 Å². The molecule has 1 fully saturated rings. The number of benzene rings is 1. The Bertz CT molecular complexity index is 569. The molecule has 0 unspecified atom stereocenters. The minimum atomic E-state index is -1.06. The number of nitrogens with zero attached hydrogens (tertiary/aromatic N) is 1. The number of carbonyl (C=O) groups excluding carboxylic acids is 1. The largest absolute Gasteiger partial charge is 0.478 e. The van der Waals surface area contributed by atoms with Crippen molar-refractivity contribution in [1.82, 2.24) is 4.90 Å². The van der Waals surface area contributed by atoms with E-state index in [0.29, 0.717) is 25.4 Å². The highest BCUT2D eigenvalue weighted by Crippen LogP contribution is 2.22. The van der Waals surface area contributed by atoms with E-state index in [4.69, 9.17) is 4.74 Å². The number of rotatable bonds is 2. The van der Waals surface area contributed by atoms with Crippen LogP contribution in [0.15, 0.2) is 18.2 Å². The van der Waals surface area contributed by atoms with Gasteiger partial charge in [-0.25, -0.2) is 9.59 Å². The van der Waals surface area contributed by atoms with E-state index in [-0.39, 0.29) is 11.6 Å². The van der Waals surface area contributed by atoms with Crippen LogP contribution in [0.25, 0.3) is 0 Å². The Hall–Kier alpha value is -2.08. The summed E-state index contributed by atoms with van der Waals surface area (Å²) in [7, 11) is 0. The number of carbonyl (C=O) groups is 2. The van der Waals surface area contributed by atoms with Gasteiger partial charge >= 0.3 is 12.0 Å². The summed E-state index contributed by atoms with van der Waals surface area (Å²) in [6.45, 7) is 7.04. The standard InChI is InChI=1S/C15H20N2O4/c1-10-5-4-6-11(13(18)19)12(10)16-14(20)17-7-8-21-15(2,3)9-17/h4-6H,7-9H2,1-3H3,(H,16,20)(H,18,19). The molecule has 0 spiro atoms. The first-order chi connectivity index (χ1) is 9.80. The van der Waals surface area contributed by atoms with Crippen molar-refractivity contribution in [2.24, 2.45) is 0 Å².